The fraction of sp³-hybridized carbons (Fsp3) is 0. The monoisotopic (exact) mass is 141 g/mol. The first kappa shape index (κ1) is 8.42. The lowest BCUT2D eigenvalue weighted by molar-refractivity contribution is -0.135. The average molecular weight is 141 g/mol. The summed E-state index contributed by atoms with van der Waals surface area (Å²) in [7, 11) is 0. The first-order valence-corrected chi connectivity index (χ1v) is 2.40. The predicted molar refractivity (Wildman–Crippen MR) is 34.6 cm³/mol. The summed E-state index contributed by atoms with van der Waals surface area (Å²) < 4.78 is 4.19. The van der Waals surface area contributed by atoms with Gasteiger partial charge >= 0.3 is 5.97 Å². The van der Waals surface area contributed by atoms with E-state index in [0.717, 1.165) is 6.26 Å². The van der Waals surface area contributed by atoms with Crippen molar-refractivity contribution < 1.29 is 14.3 Å². The summed E-state index contributed by atoms with van der Waals surface area (Å²) >= 11 is 0. The van der Waals surface area contributed by atoms with Gasteiger partial charge in [-0.3, -0.25) is 4.79 Å². The molecule has 54 valence electrons. The predicted octanol–water partition coefficient (Wildman–Crippen LogP) is -0.285. The van der Waals surface area contributed by atoms with Crippen LogP contribution in [-0.4, -0.2) is 11.9 Å². The van der Waals surface area contributed by atoms with Crippen LogP contribution in [0.5, 0.6) is 0 Å². The molecule has 0 heterocycles. The van der Waals surface area contributed by atoms with Gasteiger partial charge in [0, 0.05) is 0 Å². The van der Waals surface area contributed by atoms with Crippen LogP contribution in [0.4, 0.5) is 0 Å². The normalized spacial score (nSPS) is 8.00. The van der Waals surface area contributed by atoms with E-state index in [1.165, 1.54) is 0 Å². The highest BCUT2D eigenvalue weighted by Gasteiger charge is 2.11. The molecule has 10 heavy (non-hydrogen) atoms. The Kier molecular flexibility index (Phi) is 2.90. The summed E-state index contributed by atoms with van der Waals surface area (Å²) in [6.07, 6.45) is 0.899. The Labute approximate surface area is 58.0 Å². The SMILES string of the molecule is C=COC(=O)C(=C)C(N)=O. The number of ether oxygens (including phenoxy) is 1. The third kappa shape index (κ3) is 2.13. The largest absolute Gasteiger partial charge is 0.431 e. The van der Waals surface area contributed by atoms with E-state index in [2.05, 4.69) is 17.9 Å². The molecule has 2 N–H and O–H groups in total. The molecule has 4 heteroatoms. The topological polar surface area (TPSA) is 69.4 Å². The van der Waals surface area contributed by atoms with Crippen molar-refractivity contribution in [2.24, 2.45) is 5.73 Å². The molecule has 0 radical (unpaired) electrons. The molecule has 0 aromatic rings. The van der Waals surface area contributed by atoms with Gasteiger partial charge in [0.1, 0.15) is 5.57 Å². The highest BCUT2D eigenvalue weighted by molar-refractivity contribution is 6.15. The molecule has 0 aliphatic heterocycles. The number of esters is 1. The first-order valence-electron chi connectivity index (χ1n) is 2.40. The van der Waals surface area contributed by atoms with Crippen LogP contribution in [0.15, 0.2) is 25.0 Å². The zero-order valence-electron chi connectivity index (χ0n) is 5.29. The van der Waals surface area contributed by atoms with Gasteiger partial charge in [-0.15, -0.1) is 0 Å². The molecule has 0 rings (SSSR count). The molecule has 1 amide bonds. The molecule has 0 atom stereocenters. The van der Waals surface area contributed by atoms with E-state index in [-0.39, 0.29) is 5.57 Å². The van der Waals surface area contributed by atoms with Crippen LogP contribution in [0.25, 0.3) is 0 Å². The molecule has 0 spiro atoms. The quantitative estimate of drug-likeness (QED) is 0.193. The van der Waals surface area contributed by atoms with Crippen LogP contribution in [0.2, 0.25) is 0 Å². The number of carbonyl (C=O) groups is 2. The van der Waals surface area contributed by atoms with Crippen molar-refractivity contribution in [1.29, 1.82) is 0 Å². The standard InChI is InChI=1S/C6H7NO3/c1-3-10-6(9)4(2)5(7)8/h3H,1-2H2,(H2,7,8). The summed E-state index contributed by atoms with van der Waals surface area (Å²) in [5.74, 6) is -1.77. The van der Waals surface area contributed by atoms with E-state index in [1.54, 1.807) is 0 Å². The summed E-state index contributed by atoms with van der Waals surface area (Å²) in [6, 6.07) is 0. The van der Waals surface area contributed by atoms with Crippen molar-refractivity contribution in [3.63, 3.8) is 0 Å². The van der Waals surface area contributed by atoms with Crippen molar-refractivity contribution in [2.45, 2.75) is 0 Å². The number of hydrogen-bond donors (Lipinski definition) is 1. The maximum absolute atomic E-state index is 10.5. The van der Waals surface area contributed by atoms with Crippen LogP contribution < -0.4 is 5.73 Å². The molecular weight excluding hydrogens is 134 g/mol. The van der Waals surface area contributed by atoms with E-state index in [9.17, 15) is 9.59 Å². The third-order valence-electron chi connectivity index (χ3n) is 0.734. The second-order valence-corrected chi connectivity index (χ2v) is 1.41. The molecule has 0 unspecified atom stereocenters. The van der Waals surface area contributed by atoms with Crippen molar-refractivity contribution in [3.8, 4) is 0 Å². The molecule has 0 saturated heterocycles. The number of nitrogens with two attached hydrogens (primary N) is 1. The molecule has 0 saturated carbocycles. The number of amides is 1. The molecule has 4 nitrogen and oxygen atoms in total. The molecule has 0 aromatic heterocycles. The molecule has 0 fully saturated rings. The van der Waals surface area contributed by atoms with Gasteiger partial charge < -0.3 is 10.5 Å². The second-order valence-electron chi connectivity index (χ2n) is 1.41. The zero-order chi connectivity index (χ0) is 8.15. The van der Waals surface area contributed by atoms with Gasteiger partial charge in [0.05, 0.1) is 6.26 Å². The number of carbonyl (C=O) groups excluding carboxylic acids is 2. The van der Waals surface area contributed by atoms with Gasteiger partial charge in [-0.2, -0.15) is 0 Å². The third-order valence-corrected chi connectivity index (χ3v) is 0.734. The number of rotatable bonds is 3. The fourth-order valence-corrected chi connectivity index (χ4v) is 0.247. The van der Waals surface area contributed by atoms with Crippen LogP contribution in [0, 0.1) is 0 Å². The summed E-state index contributed by atoms with van der Waals surface area (Å²) in [4.78, 5) is 20.7. The number of primary amides is 1. The van der Waals surface area contributed by atoms with Crippen LogP contribution >= 0.6 is 0 Å². The molecular formula is C6H7NO3. The molecule has 0 bridgehead atoms. The Bertz CT molecular complexity index is 195. The fourth-order valence-electron chi connectivity index (χ4n) is 0.247. The van der Waals surface area contributed by atoms with Crippen molar-refractivity contribution >= 4 is 11.9 Å². The zero-order valence-corrected chi connectivity index (χ0v) is 5.29. The minimum atomic E-state index is -0.896. The summed E-state index contributed by atoms with van der Waals surface area (Å²) in [6.45, 7) is 6.18. The Hall–Kier alpha value is -1.58. The van der Waals surface area contributed by atoms with Gasteiger partial charge in [-0.05, 0) is 0 Å². The van der Waals surface area contributed by atoms with Gasteiger partial charge in [0.25, 0.3) is 5.91 Å². The maximum atomic E-state index is 10.5. The van der Waals surface area contributed by atoms with Crippen molar-refractivity contribution in [1.82, 2.24) is 0 Å². The highest BCUT2D eigenvalue weighted by Crippen LogP contribution is 1.92. The van der Waals surface area contributed by atoms with E-state index < -0.39 is 11.9 Å². The van der Waals surface area contributed by atoms with Gasteiger partial charge in [-0.1, -0.05) is 13.2 Å². The van der Waals surface area contributed by atoms with E-state index in [0.29, 0.717) is 0 Å². The van der Waals surface area contributed by atoms with E-state index in [4.69, 9.17) is 5.73 Å². The van der Waals surface area contributed by atoms with E-state index in [1.807, 2.05) is 0 Å². The Morgan fingerprint density at radius 2 is 2.00 bits per heavy atom. The molecule has 0 aromatic carbocycles. The van der Waals surface area contributed by atoms with Crippen LogP contribution in [0.3, 0.4) is 0 Å². The molecule has 0 aliphatic carbocycles. The lowest BCUT2D eigenvalue weighted by atomic mass is 10.3. The summed E-state index contributed by atoms with van der Waals surface area (Å²) in [5, 5.41) is 0. The van der Waals surface area contributed by atoms with Gasteiger partial charge in [0.15, 0.2) is 0 Å². The van der Waals surface area contributed by atoms with Gasteiger partial charge in [0.2, 0.25) is 0 Å². The summed E-state index contributed by atoms with van der Waals surface area (Å²) in [5.41, 5.74) is 4.30. The minimum absolute atomic E-state index is 0.389. The van der Waals surface area contributed by atoms with Crippen molar-refractivity contribution in [3.05, 3.63) is 25.0 Å². The Morgan fingerprint density at radius 3 is 2.30 bits per heavy atom. The molecule has 0 aliphatic rings. The Morgan fingerprint density at radius 1 is 1.50 bits per heavy atom. The van der Waals surface area contributed by atoms with Gasteiger partial charge in [-0.25, -0.2) is 4.79 Å². The van der Waals surface area contributed by atoms with Crippen molar-refractivity contribution in [2.75, 3.05) is 0 Å². The van der Waals surface area contributed by atoms with E-state index >= 15 is 0 Å². The number of hydrogen-bond acceptors (Lipinski definition) is 3. The lowest BCUT2D eigenvalue weighted by Gasteiger charge is -1.95. The minimum Gasteiger partial charge on any atom is -0.431 e. The lowest BCUT2D eigenvalue weighted by Crippen LogP contribution is -2.20. The van der Waals surface area contributed by atoms with Crippen LogP contribution in [-0.2, 0) is 14.3 Å². The smallest absolute Gasteiger partial charge is 0.347 e. The van der Waals surface area contributed by atoms with Crippen LogP contribution in [0.1, 0.15) is 0 Å². The average Bonchev–Trinajstić information content (AvgIpc) is 1.87. The maximum Gasteiger partial charge on any atom is 0.347 e. The Balaban J connectivity index is 4.08. The second kappa shape index (κ2) is 3.45. The highest BCUT2D eigenvalue weighted by atomic mass is 16.5. The first-order chi connectivity index (χ1) is 4.59.